The van der Waals surface area contributed by atoms with Crippen LogP contribution >= 0.6 is 23.6 Å². The van der Waals surface area contributed by atoms with Crippen LogP contribution in [0.15, 0.2) is 41.2 Å². The number of hydrogen-bond donors (Lipinski definition) is 0. The average molecular weight is 399 g/mol. The van der Waals surface area contributed by atoms with Gasteiger partial charge >= 0.3 is 0 Å². The van der Waals surface area contributed by atoms with Gasteiger partial charge in [-0.25, -0.2) is 4.68 Å². The third-order valence-electron chi connectivity index (χ3n) is 5.70. The molecule has 0 radical (unpaired) electrons. The summed E-state index contributed by atoms with van der Waals surface area (Å²) < 4.78 is 5.15. The van der Waals surface area contributed by atoms with E-state index in [9.17, 15) is 0 Å². The summed E-state index contributed by atoms with van der Waals surface area (Å²) in [5.74, 6) is 1.71. The maximum absolute atomic E-state index is 5.89. The van der Waals surface area contributed by atoms with Gasteiger partial charge in [-0.1, -0.05) is 25.3 Å². The van der Waals surface area contributed by atoms with Gasteiger partial charge in [0, 0.05) is 41.8 Å². The van der Waals surface area contributed by atoms with Crippen molar-refractivity contribution in [1.29, 1.82) is 0 Å². The molecule has 3 heterocycles. The van der Waals surface area contributed by atoms with Crippen LogP contribution in [0.5, 0.6) is 0 Å². The van der Waals surface area contributed by atoms with Crippen LogP contribution in [0.25, 0.3) is 11.4 Å². The normalized spacial score (nSPS) is 16.5. The number of aryl methyl sites for hydroxylation is 2. The van der Waals surface area contributed by atoms with Crippen molar-refractivity contribution >= 4 is 23.6 Å². The minimum atomic E-state index is 0.385. The third kappa shape index (κ3) is 4.06. The molecule has 0 amide bonds. The van der Waals surface area contributed by atoms with E-state index in [1.807, 2.05) is 23.0 Å². The first-order chi connectivity index (χ1) is 13.2. The second-order valence-electron chi connectivity index (χ2n) is 7.42. The Hall–Kier alpha value is -1.79. The Labute approximate surface area is 169 Å². The molecule has 4 rings (SSSR count). The summed E-state index contributed by atoms with van der Waals surface area (Å²) in [5, 5.41) is 9.22. The number of aromatic nitrogens is 4. The molecule has 0 bridgehead atoms. The van der Waals surface area contributed by atoms with Crippen molar-refractivity contribution in [3.05, 3.63) is 51.7 Å². The van der Waals surface area contributed by atoms with Crippen LogP contribution in [0.3, 0.4) is 0 Å². The molecule has 142 valence electrons. The molecule has 0 aromatic carbocycles. The molecule has 1 fully saturated rings. The van der Waals surface area contributed by atoms with Gasteiger partial charge in [0.2, 0.25) is 0 Å². The van der Waals surface area contributed by atoms with Crippen LogP contribution in [-0.2, 0) is 13.0 Å². The summed E-state index contributed by atoms with van der Waals surface area (Å²) in [7, 11) is 0. The number of nitrogens with zero attached hydrogens (tertiary/aromatic N) is 4. The number of rotatable bonds is 6. The highest BCUT2D eigenvalue weighted by atomic mass is 32.1. The standard InChI is InChI=1S/C21H26N4S2/c1-16(17-7-3-2-4-8-17)25-20(18-11-14-27-15-18)23-24(21(25)26)13-10-19-9-5-6-12-22-19/h5-6,9,11-12,14-17H,2-4,7-8,10,13H2,1H3/t16-/m1/s1. The van der Waals surface area contributed by atoms with Crippen molar-refractivity contribution in [3.63, 3.8) is 0 Å². The van der Waals surface area contributed by atoms with Gasteiger partial charge in [-0.05, 0) is 61.5 Å². The Kier molecular flexibility index (Phi) is 5.83. The Morgan fingerprint density at radius 2 is 2.07 bits per heavy atom. The van der Waals surface area contributed by atoms with Crippen molar-refractivity contribution in [3.8, 4) is 11.4 Å². The van der Waals surface area contributed by atoms with Crippen LogP contribution in [0.4, 0.5) is 0 Å². The number of thiophene rings is 1. The highest BCUT2D eigenvalue weighted by molar-refractivity contribution is 7.71. The largest absolute Gasteiger partial charge is 0.297 e. The second kappa shape index (κ2) is 8.48. The zero-order valence-electron chi connectivity index (χ0n) is 15.8. The fourth-order valence-electron chi connectivity index (χ4n) is 4.12. The molecule has 3 aromatic heterocycles. The molecular formula is C21H26N4S2. The molecule has 0 unspecified atom stereocenters. The Bertz CT molecular complexity index is 906. The summed E-state index contributed by atoms with van der Waals surface area (Å²) in [4.78, 5) is 4.43. The van der Waals surface area contributed by atoms with Gasteiger partial charge in [0.15, 0.2) is 10.6 Å². The first kappa shape index (κ1) is 18.6. The van der Waals surface area contributed by atoms with E-state index in [4.69, 9.17) is 17.3 Å². The lowest BCUT2D eigenvalue weighted by molar-refractivity contribution is 0.262. The lowest BCUT2D eigenvalue weighted by atomic mass is 9.84. The lowest BCUT2D eigenvalue weighted by Crippen LogP contribution is -2.20. The fraction of sp³-hybridized carbons (Fsp3) is 0.476. The van der Waals surface area contributed by atoms with Crippen LogP contribution in [0.2, 0.25) is 0 Å². The van der Waals surface area contributed by atoms with Gasteiger partial charge in [0.25, 0.3) is 0 Å². The van der Waals surface area contributed by atoms with Gasteiger partial charge in [-0.15, -0.1) is 0 Å². The van der Waals surface area contributed by atoms with E-state index in [0.717, 1.165) is 29.3 Å². The quantitative estimate of drug-likeness (QED) is 0.483. The van der Waals surface area contributed by atoms with E-state index in [2.05, 4.69) is 39.4 Å². The lowest BCUT2D eigenvalue weighted by Gasteiger charge is -2.29. The molecule has 1 saturated carbocycles. The maximum atomic E-state index is 5.89. The molecule has 1 aliphatic carbocycles. The van der Waals surface area contributed by atoms with E-state index in [1.54, 1.807) is 11.3 Å². The highest BCUT2D eigenvalue weighted by Gasteiger charge is 2.26. The van der Waals surface area contributed by atoms with Crippen molar-refractivity contribution in [2.75, 3.05) is 0 Å². The highest BCUT2D eigenvalue weighted by Crippen LogP contribution is 2.35. The van der Waals surface area contributed by atoms with Crippen LogP contribution in [-0.4, -0.2) is 19.3 Å². The molecule has 0 aliphatic heterocycles. The zero-order chi connectivity index (χ0) is 18.6. The molecule has 0 N–H and O–H groups in total. The maximum Gasteiger partial charge on any atom is 0.198 e. The fourth-order valence-corrected chi connectivity index (χ4v) is 5.13. The Morgan fingerprint density at radius 1 is 1.22 bits per heavy atom. The summed E-state index contributed by atoms with van der Waals surface area (Å²) >= 11 is 7.60. The van der Waals surface area contributed by atoms with Crippen molar-refractivity contribution < 1.29 is 0 Å². The van der Waals surface area contributed by atoms with Crippen molar-refractivity contribution in [2.24, 2.45) is 5.92 Å². The predicted molar refractivity (Wildman–Crippen MR) is 114 cm³/mol. The monoisotopic (exact) mass is 398 g/mol. The van der Waals surface area contributed by atoms with E-state index in [-0.39, 0.29) is 0 Å². The summed E-state index contributed by atoms with van der Waals surface area (Å²) in [6.45, 7) is 3.09. The molecular weight excluding hydrogens is 372 g/mol. The average Bonchev–Trinajstić information content (AvgIpc) is 3.35. The van der Waals surface area contributed by atoms with Crippen molar-refractivity contribution in [1.82, 2.24) is 19.3 Å². The molecule has 0 saturated heterocycles. The van der Waals surface area contributed by atoms with Gasteiger partial charge in [-0.2, -0.15) is 16.4 Å². The van der Waals surface area contributed by atoms with Gasteiger partial charge < -0.3 is 0 Å². The molecule has 0 spiro atoms. The first-order valence-corrected chi connectivity index (χ1v) is 11.2. The predicted octanol–water partition coefficient (Wildman–Crippen LogP) is 5.92. The minimum absolute atomic E-state index is 0.385. The molecule has 6 heteroatoms. The topological polar surface area (TPSA) is 35.6 Å². The first-order valence-electron chi connectivity index (χ1n) is 9.86. The summed E-state index contributed by atoms with van der Waals surface area (Å²) in [6.07, 6.45) is 9.32. The molecule has 4 nitrogen and oxygen atoms in total. The third-order valence-corrected chi connectivity index (χ3v) is 6.79. The second-order valence-corrected chi connectivity index (χ2v) is 8.57. The Balaban J connectivity index is 1.66. The Morgan fingerprint density at radius 3 is 2.78 bits per heavy atom. The van der Waals surface area contributed by atoms with E-state index >= 15 is 0 Å². The summed E-state index contributed by atoms with van der Waals surface area (Å²) in [6, 6.07) is 8.57. The van der Waals surface area contributed by atoms with E-state index < -0.39 is 0 Å². The van der Waals surface area contributed by atoms with Crippen LogP contribution in [0, 0.1) is 10.7 Å². The van der Waals surface area contributed by atoms with Crippen LogP contribution in [0.1, 0.15) is 50.8 Å². The minimum Gasteiger partial charge on any atom is -0.297 e. The van der Waals surface area contributed by atoms with E-state index in [0.29, 0.717) is 12.0 Å². The molecule has 27 heavy (non-hydrogen) atoms. The van der Waals surface area contributed by atoms with Gasteiger partial charge in [0.1, 0.15) is 0 Å². The number of pyridine rings is 1. The van der Waals surface area contributed by atoms with Gasteiger partial charge in [-0.3, -0.25) is 9.55 Å². The zero-order valence-corrected chi connectivity index (χ0v) is 17.4. The number of hydrogen-bond acceptors (Lipinski definition) is 4. The van der Waals surface area contributed by atoms with Crippen molar-refractivity contribution in [2.45, 2.75) is 58.0 Å². The smallest absolute Gasteiger partial charge is 0.198 e. The van der Waals surface area contributed by atoms with Gasteiger partial charge in [0.05, 0.1) is 0 Å². The molecule has 1 atom stereocenters. The van der Waals surface area contributed by atoms with E-state index in [1.165, 1.54) is 37.7 Å². The summed E-state index contributed by atoms with van der Waals surface area (Å²) in [5.41, 5.74) is 2.25. The molecule has 1 aliphatic rings. The molecule has 3 aromatic rings. The SMILES string of the molecule is C[C@H](C1CCCCC1)n1c(-c2ccsc2)nn(CCc2ccccn2)c1=S. The van der Waals surface area contributed by atoms with Crippen LogP contribution < -0.4 is 0 Å².